The van der Waals surface area contributed by atoms with Gasteiger partial charge in [-0.1, -0.05) is 24.3 Å². The maximum Gasteiger partial charge on any atom is 0.259 e. The lowest BCUT2D eigenvalue weighted by atomic mass is 10.1. The van der Waals surface area contributed by atoms with E-state index >= 15 is 0 Å². The highest BCUT2D eigenvalue weighted by molar-refractivity contribution is 6.11. The monoisotopic (exact) mass is 386 g/mol. The molecule has 5 heteroatoms. The van der Waals surface area contributed by atoms with E-state index in [0.29, 0.717) is 17.1 Å². The van der Waals surface area contributed by atoms with Gasteiger partial charge in [0.15, 0.2) is 11.5 Å². The summed E-state index contributed by atoms with van der Waals surface area (Å²) >= 11 is 0. The van der Waals surface area contributed by atoms with Crippen LogP contribution in [0.4, 0.5) is 5.69 Å². The number of pyridine rings is 1. The molecule has 2 aromatic carbocycles. The van der Waals surface area contributed by atoms with Gasteiger partial charge < -0.3 is 14.4 Å². The highest BCUT2D eigenvalue weighted by atomic mass is 16.5. The van der Waals surface area contributed by atoms with Gasteiger partial charge >= 0.3 is 0 Å². The van der Waals surface area contributed by atoms with Crippen molar-refractivity contribution in [3.05, 3.63) is 83.2 Å². The number of nitrogens with zero attached hydrogens (tertiary/aromatic N) is 2. The average Bonchev–Trinajstić information content (AvgIpc) is 3.26. The lowest BCUT2D eigenvalue weighted by molar-refractivity contribution is 0.0992. The van der Waals surface area contributed by atoms with Gasteiger partial charge in [-0.25, -0.2) is 0 Å². The quantitative estimate of drug-likeness (QED) is 0.669. The first-order chi connectivity index (χ1) is 14.2. The summed E-state index contributed by atoms with van der Waals surface area (Å²) in [5, 5.41) is 0. The van der Waals surface area contributed by atoms with Gasteiger partial charge in [-0.15, -0.1) is 0 Å². The summed E-state index contributed by atoms with van der Waals surface area (Å²) < 4.78 is 11.9. The van der Waals surface area contributed by atoms with Gasteiger partial charge in [0.1, 0.15) is 6.10 Å². The summed E-state index contributed by atoms with van der Waals surface area (Å²) in [6.45, 7) is 2.02. The molecule has 0 bridgehead atoms. The molecular formula is C24H22N2O3. The van der Waals surface area contributed by atoms with E-state index in [9.17, 15) is 4.79 Å². The number of ether oxygens (including phenoxy) is 2. The summed E-state index contributed by atoms with van der Waals surface area (Å²) in [6.07, 6.45) is 5.24. The summed E-state index contributed by atoms with van der Waals surface area (Å²) in [6, 6.07) is 15.8. The van der Waals surface area contributed by atoms with Crippen molar-refractivity contribution in [1.82, 2.24) is 4.98 Å². The Morgan fingerprint density at radius 3 is 2.48 bits per heavy atom. The second-order valence-electron chi connectivity index (χ2n) is 7.57. The highest BCUT2D eigenvalue weighted by Gasteiger charge is 2.35. The van der Waals surface area contributed by atoms with Crippen LogP contribution in [0, 0.1) is 0 Å². The number of rotatable bonds is 4. The first-order valence-corrected chi connectivity index (χ1v) is 9.84. The van der Waals surface area contributed by atoms with Crippen molar-refractivity contribution in [3.8, 4) is 11.5 Å². The van der Waals surface area contributed by atoms with E-state index in [2.05, 4.69) is 29.2 Å². The molecule has 146 valence electrons. The average molecular weight is 386 g/mol. The number of aromatic nitrogens is 1. The predicted octanol–water partition coefficient (Wildman–Crippen LogP) is 4.36. The Hall–Kier alpha value is -3.34. The fourth-order valence-corrected chi connectivity index (χ4v) is 4.41. The molecule has 0 spiro atoms. The molecule has 1 aromatic heterocycles. The Morgan fingerprint density at radius 2 is 1.79 bits per heavy atom. The standard InChI is InChI=1S/C24H22N2O3/c1-15-21-14-25-10-9-20(21)24(27)26(15)18-7-8-22(28-2)23(13-18)29-19-11-16-5-3-4-6-17(16)12-19/h3-10,13-15,19H,11-12H2,1-2H3. The van der Waals surface area contributed by atoms with Gasteiger partial charge in [-0.05, 0) is 36.2 Å². The zero-order valence-corrected chi connectivity index (χ0v) is 16.5. The van der Waals surface area contributed by atoms with Crippen LogP contribution in [0.1, 0.15) is 40.0 Å². The normalized spacial score (nSPS) is 17.9. The molecule has 1 unspecified atom stereocenters. The number of anilines is 1. The third kappa shape index (κ3) is 2.94. The first-order valence-electron chi connectivity index (χ1n) is 9.84. The summed E-state index contributed by atoms with van der Waals surface area (Å²) in [7, 11) is 1.64. The van der Waals surface area contributed by atoms with Crippen molar-refractivity contribution in [3.63, 3.8) is 0 Å². The topological polar surface area (TPSA) is 51.7 Å². The molecule has 0 radical (unpaired) electrons. The van der Waals surface area contributed by atoms with Crippen LogP contribution in [0.25, 0.3) is 0 Å². The van der Waals surface area contributed by atoms with Crippen LogP contribution in [0.2, 0.25) is 0 Å². The van der Waals surface area contributed by atoms with Crippen LogP contribution in [0.3, 0.4) is 0 Å². The van der Waals surface area contributed by atoms with Crippen LogP contribution < -0.4 is 14.4 Å². The second kappa shape index (κ2) is 6.92. The van der Waals surface area contributed by atoms with E-state index in [0.717, 1.165) is 24.1 Å². The minimum absolute atomic E-state index is 0.0145. The van der Waals surface area contributed by atoms with Crippen LogP contribution in [0.15, 0.2) is 60.9 Å². The van der Waals surface area contributed by atoms with Crippen LogP contribution in [-0.4, -0.2) is 24.1 Å². The molecule has 1 aliphatic heterocycles. The number of hydrogen-bond donors (Lipinski definition) is 0. The molecule has 5 nitrogen and oxygen atoms in total. The van der Waals surface area contributed by atoms with Gasteiger partial charge in [0, 0.05) is 48.1 Å². The minimum Gasteiger partial charge on any atom is -0.493 e. The number of carbonyl (C=O) groups is 1. The molecule has 0 fully saturated rings. The van der Waals surface area contributed by atoms with Gasteiger partial charge in [0.25, 0.3) is 5.91 Å². The Bertz CT molecular complexity index is 1070. The van der Waals surface area contributed by atoms with E-state index in [1.165, 1.54) is 11.1 Å². The minimum atomic E-state index is -0.0804. The smallest absolute Gasteiger partial charge is 0.259 e. The lowest BCUT2D eigenvalue weighted by Gasteiger charge is -2.24. The van der Waals surface area contributed by atoms with Crippen molar-refractivity contribution in [2.45, 2.75) is 31.9 Å². The molecule has 0 saturated heterocycles. The van der Waals surface area contributed by atoms with E-state index < -0.39 is 0 Å². The third-order valence-corrected chi connectivity index (χ3v) is 5.87. The molecule has 29 heavy (non-hydrogen) atoms. The zero-order chi connectivity index (χ0) is 20.0. The van der Waals surface area contributed by atoms with E-state index in [-0.39, 0.29) is 18.1 Å². The zero-order valence-electron chi connectivity index (χ0n) is 16.5. The lowest BCUT2D eigenvalue weighted by Crippen LogP contribution is -2.26. The first kappa shape index (κ1) is 17.7. The van der Waals surface area contributed by atoms with Crippen molar-refractivity contribution < 1.29 is 14.3 Å². The molecule has 0 saturated carbocycles. The van der Waals surface area contributed by atoms with Crippen molar-refractivity contribution >= 4 is 11.6 Å². The van der Waals surface area contributed by atoms with E-state index in [1.54, 1.807) is 30.5 Å². The maximum absolute atomic E-state index is 13.0. The Balaban J connectivity index is 1.44. The molecule has 2 aliphatic rings. The largest absolute Gasteiger partial charge is 0.493 e. The molecule has 2 heterocycles. The number of benzene rings is 2. The summed E-state index contributed by atoms with van der Waals surface area (Å²) in [4.78, 5) is 19.0. The molecule has 1 amide bonds. The number of amides is 1. The van der Waals surface area contributed by atoms with E-state index in [4.69, 9.17) is 9.47 Å². The highest BCUT2D eigenvalue weighted by Crippen LogP contribution is 2.41. The van der Waals surface area contributed by atoms with Gasteiger partial charge in [-0.2, -0.15) is 0 Å². The molecular weight excluding hydrogens is 364 g/mol. The van der Waals surface area contributed by atoms with Crippen LogP contribution in [0.5, 0.6) is 11.5 Å². The van der Waals surface area contributed by atoms with Crippen molar-refractivity contribution in [2.75, 3.05) is 12.0 Å². The molecule has 0 N–H and O–H groups in total. The Morgan fingerprint density at radius 1 is 1.03 bits per heavy atom. The van der Waals surface area contributed by atoms with Gasteiger partial charge in [0.05, 0.1) is 13.2 Å². The van der Waals surface area contributed by atoms with Gasteiger partial charge in [0.2, 0.25) is 0 Å². The Kier molecular flexibility index (Phi) is 4.23. The fraction of sp³-hybridized carbons (Fsp3) is 0.250. The third-order valence-electron chi connectivity index (χ3n) is 5.87. The number of fused-ring (bicyclic) bond motifs is 2. The fourth-order valence-electron chi connectivity index (χ4n) is 4.41. The SMILES string of the molecule is COc1ccc(N2C(=O)c3ccncc3C2C)cc1OC1Cc2ccccc2C1. The maximum atomic E-state index is 13.0. The molecule has 1 aliphatic carbocycles. The molecule has 5 rings (SSSR count). The number of methoxy groups -OCH3 is 1. The number of hydrogen-bond acceptors (Lipinski definition) is 4. The second-order valence-corrected chi connectivity index (χ2v) is 7.57. The van der Waals surface area contributed by atoms with Crippen LogP contribution in [-0.2, 0) is 12.8 Å². The molecule has 1 atom stereocenters. The van der Waals surface area contributed by atoms with Gasteiger partial charge in [-0.3, -0.25) is 9.78 Å². The van der Waals surface area contributed by atoms with Crippen molar-refractivity contribution in [2.24, 2.45) is 0 Å². The van der Waals surface area contributed by atoms with Crippen molar-refractivity contribution in [1.29, 1.82) is 0 Å². The Labute approximate surface area is 169 Å². The summed E-state index contributed by atoms with van der Waals surface area (Å²) in [5.41, 5.74) is 5.11. The molecule has 3 aromatic rings. The van der Waals surface area contributed by atoms with Crippen LogP contribution >= 0.6 is 0 Å². The predicted molar refractivity (Wildman–Crippen MR) is 111 cm³/mol. The van der Waals surface area contributed by atoms with E-state index in [1.807, 2.05) is 25.1 Å². The number of carbonyl (C=O) groups excluding carboxylic acids is 1. The summed E-state index contributed by atoms with van der Waals surface area (Å²) in [5.74, 6) is 1.32.